The lowest BCUT2D eigenvalue weighted by atomic mass is 10.1. The van der Waals surface area contributed by atoms with Crippen LogP contribution in [-0.4, -0.2) is 28.1 Å². The van der Waals surface area contributed by atoms with E-state index in [2.05, 4.69) is 26.3 Å². The van der Waals surface area contributed by atoms with Gasteiger partial charge in [-0.15, -0.1) is 0 Å². The van der Waals surface area contributed by atoms with E-state index in [1.807, 2.05) is 19.1 Å². The van der Waals surface area contributed by atoms with E-state index in [0.717, 1.165) is 12.0 Å². The Labute approximate surface area is 132 Å². The van der Waals surface area contributed by atoms with Crippen LogP contribution >= 0.6 is 11.6 Å². The molecule has 1 aromatic heterocycles. The van der Waals surface area contributed by atoms with Gasteiger partial charge in [0.1, 0.15) is 6.04 Å². The lowest BCUT2D eigenvalue weighted by molar-refractivity contribution is -0.123. The summed E-state index contributed by atoms with van der Waals surface area (Å²) in [6, 6.07) is 7.17. The molecular weight excluding hydrogens is 306 g/mol. The highest BCUT2D eigenvalue weighted by Gasteiger charge is 2.26. The Morgan fingerprint density at radius 3 is 2.86 bits per heavy atom. The molecule has 0 saturated carbocycles. The number of amides is 1. The number of nitrogens with zero attached hydrogens (tertiary/aromatic N) is 2. The third-order valence-corrected chi connectivity index (χ3v) is 3.65. The van der Waals surface area contributed by atoms with Crippen molar-refractivity contribution in [3.63, 3.8) is 0 Å². The van der Waals surface area contributed by atoms with Crippen LogP contribution < -0.4 is 16.2 Å². The van der Waals surface area contributed by atoms with Crippen molar-refractivity contribution in [2.75, 3.05) is 0 Å². The van der Waals surface area contributed by atoms with Crippen molar-refractivity contribution in [1.29, 1.82) is 0 Å². The summed E-state index contributed by atoms with van der Waals surface area (Å²) in [6.07, 6.45) is 0.742. The SMILES string of the molecule is CC1CC(C(=O)NCc2nc(-c3ccc(Cl)cc3)no2)NN1. The Morgan fingerprint density at radius 2 is 2.18 bits per heavy atom. The van der Waals surface area contributed by atoms with Gasteiger partial charge in [-0.1, -0.05) is 16.8 Å². The number of benzene rings is 1. The van der Waals surface area contributed by atoms with Crippen LogP contribution in [0.15, 0.2) is 28.8 Å². The highest BCUT2D eigenvalue weighted by molar-refractivity contribution is 6.30. The molecule has 0 spiro atoms. The third-order valence-electron chi connectivity index (χ3n) is 3.39. The van der Waals surface area contributed by atoms with Gasteiger partial charge in [0.05, 0.1) is 6.54 Å². The molecule has 2 unspecified atom stereocenters. The lowest BCUT2D eigenvalue weighted by Crippen LogP contribution is -2.43. The second-order valence-corrected chi connectivity index (χ2v) is 5.65. The fourth-order valence-corrected chi connectivity index (χ4v) is 2.34. The van der Waals surface area contributed by atoms with Crippen LogP contribution in [0.4, 0.5) is 0 Å². The van der Waals surface area contributed by atoms with Crippen molar-refractivity contribution in [3.8, 4) is 11.4 Å². The van der Waals surface area contributed by atoms with Gasteiger partial charge in [0.2, 0.25) is 17.6 Å². The number of hydrazine groups is 1. The number of rotatable bonds is 4. The smallest absolute Gasteiger partial charge is 0.246 e. The summed E-state index contributed by atoms with van der Waals surface area (Å²) in [7, 11) is 0. The molecule has 7 nitrogen and oxygen atoms in total. The molecule has 2 heterocycles. The molecule has 1 fully saturated rings. The van der Waals surface area contributed by atoms with E-state index in [1.165, 1.54) is 0 Å². The first kappa shape index (κ1) is 15.0. The predicted octanol–water partition coefficient (Wildman–Crippen LogP) is 1.26. The quantitative estimate of drug-likeness (QED) is 0.785. The largest absolute Gasteiger partial charge is 0.346 e. The highest BCUT2D eigenvalue weighted by Crippen LogP contribution is 2.18. The topological polar surface area (TPSA) is 92.1 Å². The number of halogens is 1. The third kappa shape index (κ3) is 3.44. The van der Waals surface area contributed by atoms with E-state index in [4.69, 9.17) is 16.1 Å². The number of aromatic nitrogens is 2. The van der Waals surface area contributed by atoms with Crippen molar-refractivity contribution in [3.05, 3.63) is 35.2 Å². The molecule has 0 bridgehead atoms. The normalized spacial score (nSPS) is 21.0. The Kier molecular flexibility index (Phi) is 4.37. The summed E-state index contributed by atoms with van der Waals surface area (Å²) in [4.78, 5) is 16.2. The first-order chi connectivity index (χ1) is 10.6. The van der Waals surface area contributed by atoms with E-state index in [0.29, 0.717) is 16.7 Å². The van der Waals surface area contributed by atoms with Crippen molar-refractivity contribution in [2.45, 2.75) is 32.0 Å². The molecule has 1 amide bonds. The van der Waals surface area contributed by atoms with Crippen molar-refractivity contribution in [2.24, 2.45) is 0 Å². The fourth-order valence-electron chi connectivity index (χ4n) is 2.22. The molecule has 1 aliphatic heterocycles. The molecule has 0 aliphatic carbocycles. The van der Waals surface area contributed by atoms with Crippen LogP contribution in [0.2, 0.25) is 5.02 Å². The van der Waals surface area contributed by atoms with Crippen molar-refractivity contribution < 1.29 is 9.32 Å². The molecule has 3 rings (SSSR count). The van der Waals surface area contributed by atoms with Crippen molar-refractivity contribution in [1.82, 2.24) is 26.3 Å². The number of carbonyl (C=O) groups excluding carboxylic acids is 1. The summed E-state index contributed by atoms with van der Waals surface area (Å²) in [5, 5.41) is 7.32. The van der Waals surface area contributed by atoms with Gasteiger partial charge in [-0.25, -0.2) is 5.43 Å². The maximum absolute atomic E-state index is 12.0. The minimum atomic E-state index is -0.242. The minimum absolute atomic E-state index is 0.0944. The molecule has 2 aromatic rings. The molecule has 1 aromatic carbocycles. The van der Waals surface area contributed by atoms with Gasteiger partial charge in [0.15, 0.2) is 0 Å². The average Bonchev–Trinajstić information content (AvgIpc) is 3.15. The average molecular weight is 322 g/mol. The van der Waals surface area contributed by atoms with Crippen LogP contribution in [0, 0.1) is 0 Å². The van der Waals surface area contributed by atoms with E-state index in [-0.39, 0.29) is 24.5 Å². The number of carbonyl (C=O) groups is 1. The summed E-state index contributed by atoms with van der Waals surface area (Å²) in [5.74, 6) is 0.732. The lowest BCUT2D eigenvalue weighted by Gasteiger charge is -2.08. The fraction of sp³-hybridized carbons (Fsp3) is 0.357. The first-order valence-electron chi connectivity index (χ1n) is 6.99. The maximum atomic E-state index is 12.0. The molecule has 2 atom stereocenters. The van der Waals surface area contributed by atoms with Crippen LogP contribution in [0.25, 0.3) is 11.4 Å². The Bertz CT molecular complexity index is 658. The summed E-state index contributed by atoms with van der Waals surface area (Å²) >= 11 is 5.84. The number of hydrogen-bond donors (Lipinski definition) is 3. The van der Waals surface area contributed by atoms with Gasteiger partial charge in [-0.2, -0.15) is 4.98 Å². The van der Waals surface area contributed by atoms with Gasteiger partial charge in [0, 0.05) is 16.6 Å². The summed E-state index contributed by atoms with van der Waals surface area (Å²) < 4.78 is 5.14. The van der Waals surface area contributed by atoms with Gasteiger partial charge < -0.3 is 9.84 Å². The van der Waals surface area contributed by atoms with Crippen molar-refractivity contribution >= 4 is 17.5 Å². The van der Waals surface area contributed by atoms with Gasteiger partial charge in [0.25, 0.3) is 0 Å². The van der Waals surface area contributed by atoms with Crippen LogP contribution in [0.5, 0.6) is 0 Å². The van der Waals surface area contributed by atoms with E-state index in [9.17, 15) is 4.79 Å². The monoisotopic (exact) mass is 321 g/mol. The Hall–Kier alpha value is -1.96. The number of hydrogen-bond acceptors (Lipinski definition) is 6. The summed E-state index contributed by atoms with van der Waals surface area (Å²) in [5.41, 5.74) is 6.75. The van der Waals surface area contributed by atoms with E-state index >= 15 is 0 Å². The molecule has 1 aliphatic rings. The molecule has 22 heavy (non-hydrogen) atoms. The Balaban J connectivity index is 1.58. The Morgan fingerprint density at radius 1 is 1.41 bits per heavy atom. The summed E-state index contributed by atoms with van der Waals surface area (Å²) in [6.45, 7) is 2.21. The molecular formula is C14H16ClN5O2. The number of nitrogens with one attached hydrogen (secondary N) is 3. The first-order valence-corrected chi connectivity index (χ1v) is 7.37. The second kappa shape index (κ2) is 6.43. The molecule has 8 heteroatoms. The van der Waals surface area contributed by atoms with Gasteiger partial charge in [-0.05, 0) is 37.6 Å². The van der Waals surface area contributed by atoms with E-state index < -0.39 is 0 Å². The van der Waals surface area contributed by atoms with Gasteiger partial charge >= 0.3 is 0 Å². The maximum Gasteiger partial charge on any atom is 0.246 e. The molecule has 1 saturated heterocycles. The van der Waals surface area contributed by atoms with Crippen LogP contribution in [-0.2, 0) is 11.3 Å². The van der Waals surface area contributed by atoms with E-state index in [1.54, 1.807) is 12.1 Å². The van der Waals surface area contributed by atoms with Gasteiger partial charge in [-0.3, -0.25) is 10.2 Å². The minimum Gasteiger partial charge on any atom is -0.346 e. The zero-order valence-corrected chi connectivity index (χ0v) is 12.7. The van der Waals surface area contributed by atoms with Crippen LogP contribution in [0.3, 0.4) is 0 Å². The molecule has 116 valence electrons. The second-order valence-electron chi connectivity index (χ2n) is 5.21. The zero-order valence-electron chi connectivity index (χ0n) is 12.0. The van der Waals surface area contributed by atoms with Crippen LogP contribution in [0.1, 0.15) is 19.2 Å². The molecule has 3 N–H and O–H groups in total. The predicted molar refractivity (Wildman–Crippen MR) is 80.7 cm³/mol. The highest BCUT2D eigenvalue weighted by atomic mass is 35.5. The zero-order chi connectivity index (χ0) is 15.5. The molecule has 0 radical (unpaired) electrons. The standard InChI is InChI=1S/C14H16ClN5O2/c1-8-6-11(19-18-8)14(21)16-7-12-17-13(20-22-12)9-2-4-10(15)5-3-9/h2-5,8,11,18-19H,6-7H2,1H3,(H,16,21).